The van der Waals surface area contributed by atoms with E-state index in [0.29, 0.717) is 17.4 Å². The highest BCUT2D eigenvalue weighted by molar-refractivity contribution is 6.30. The molecule has 1 heterocycles. The Morgan fingerprint density at radius 3 is 3.00 bits per heavy atom. The van der Waals surface area contributed by atoms with Crippen molar-refractivity contribution in [3.63, 3.8) is 0 Å². The summed E-state index contributed by atoms with van der Waals surface area (Å²) in [6, 6.07) is 1.64. The number of aromatic nitrogens is 1. The fourth-order valence-electron chi connectivity index (χ4n) is 0.957. The Bertz CT molecular complexity index is 330. The van der Waals surface area contributed by atoms with Gasteiger partial charge in [0.2, 0.25) is 0 Å². The Kier molecular flexibility index (Phi) is 4.90. The largest absolute Gasteiger partial charge is 0.491 e. The van der Waals surface area contributed by atoms with Gasteiger partial charge in [0, 0.05) is 12.3 Å². The van der Waals surface area contributed by atoms with Gasteiger partial charge in [-0.3, -0.25) is 9.78 Å². The first-order chi connectivity index (χ1) is 7.22. The number of halogens is 1. The summed E-state index contributed by atoms with van der Waals surface area (Å²) >= 11 is 5.70. The number of ether oxygens (including phenoxy) is 2. The SMILES string of the molecule is CCOC(=O)CCOc1cncc(Cl)c1. The Morgan fingerprint density at radius 2 is 2.33 bits per heavy atom. The highest BCUT2D eigenvalue weighted by Crippen LogP contribution is 2.15. The van der Waals surface area contributed by atoms with E-state index in [0.717, 1.165) is 0 Å². The standard InChI is InChI=1S/C10H12ClNO3/c1-2-14-10(13)3-4-15-9-5-8(11)6-12-7-9/h5-7H,2-4H2,1H3. The highest BCUT2D eigenvalue weighted by Gasteiger charge is 2.02. The van der Waals surface area contributed by atoms with Crippen LogP contribution in [-0.4, -0.2) is 24.2 Å². The molecular formula is C10H12ClNO3. The minimum atomic E-state index is -0.271. The number of pyridine rings is 1. The molecule has 1 rings (SSSR count). The predicted octanol–water partition coefficient (Wildman–Crippen LogP) is 2.07. The summed E-state index contributed by atoms with van der Waals surface area (Å²) in [5.41, 5.74) is 0. The predicted molar refractivity (Wildman–Crippen MR) is 56.0 cm³/mol. The van der Waals surface area contributed by atoms with Crippen molar-refractivity contribution in [3.8, 4) is 5.75 Å². The van der Waals surface area contributed by atoms with Crippen LogP contribution in [0.5, 0.6) is 5.75 Å². The molecular weight excluding hydrogens is 218 g/mol. The van der Waals surface area contributed by atoms with E-state index in [1.165, 1.54) is 12.4 Å². The lowest BCUT2D eigenvalue weighted by atomic mass is 10.4. The molecule has 0 fully saturated rings. The van der Waals surface area contributed by atoms with E-state index < -0.39 is 0 Å². The molecule has 0 amide bonds. The van der Waals surface area contributed by atoms with Crippen LogP contribution in [0.15, 0.2) is 18.5 Å². The van der Waals surface area contributed by atoms with Crippen LogP contribution in [0.4, 0.5) is 0 Å². The molecule has 0 saturated heterocycles. The lowest BCUT2D eigenvalue weighted by molar-refractivity contribution is -0.143. The lowest BCUT2D eigenvalue weighted by Gasteiger charge is -2.05. The molecule has 0 atom stereocenters. The molecule has 0 saturated carbocycles. The number of hydrogen-bond donors (Lipinski definition) is 0. The maximum Gasteiger partial charge on any atom is 0.309 e. The first-order valence-electron chi connectivity index (χ1n) is 4.61. The van der Waals surface area contributed by atoms with E-state index in [4.69, 9.17) is 21.1 Å². The van der Waals surface area contributed by atoms with Gasteiger partial charge in [-0.05, 0) is 6.92 Å². The van der Waals surface area contributed by atoms with E-state index in [1.807, 2.05) is 0 Å². The van der Waals surface area contributed by atoms with Crippen molar-refractivity contribution in [2.75, 3.05) is 13.2 Å². The third-order valence-electron chi connectivity index (χ3n) is 1.56. The lowest BCUT2D eigenvalue weighted by Crippen LogP contribution is -2.09. The summed E-state index contributed by atoms with van der Waals surface area (Å²) in [5, 5.41) is 0.503. The summed E-state index contributed by atoms with van der Waals surface area (Å²) < 4.78 is 10.00. The van der Waals surface area contributed by atoms with E-state index in [1.54, 1.807) is 13.0 Å². The topological polar surface area (TPSA) is 48.4 Å². The summed E-state index contributed by atoms with van der Waals surface area (Å²) in [7, 11) is 0. The Hall–Kier alpha value is -1.29. The third-order valence-corrected chi connectivity index (χ3v) is 1.77. The minimum Gasteiger partial charge on any atom is -0.491 e. The van der Waals surface area contributed by atoms with E-state index in [2.05, 4.69) is 4.98 Å². The third kappa shape index (κ3) is 4.65. The van der Waals surface area contributed by atoms with Gasteiger partial charge in [-0.15, -0.1) is 0 Å². The van der Waals surface area contributed by atoms with Crippen molar-refractivity contribution in [2.45, 2.75) is 13.3 Å². The van der Waals surface area contributed by atoms with Crippen LogP contribution in [0.2, 0.25) is 5.02 Å². The van der Waals surface area contributed by atoms with E-state index >= 15 is 0 Å². The van der Waals surface area contributed by atoms with Gasteiger partial charge in [0.05, 0.1) is 30.9 Å². The first-order valence-corrected chi connectivity index (χ1v) is 4.99. The zero-order valence-electron chi connectivity index (χ0n) is 8.40. The Morgan fingerprint density at radius 1 is 1.53 bits per heavy atom. The molecule has 0 aliphatic rings. The maximum atomic E-state index is 11.0. The summed E-state index contributed by atoms with van der Waals surface area (Å²) in [4.78, 5) is 14.8. The van der Waals surface area contributed by atoms with Crippen LogP contribution >= 0.6 is 11.6 Å². The Balaban J connectivity index is 2.28. The van der Waals surface area contributed by atoms with Crippen molar-refractivity contribution in [1.29, 1.82) is 0 Å². The molecule has 1 aromatic rings. The quantitative estimate of drug-likeness (QED) is 0.726. The van der Waals surface area contributed by atoms with Crippen molar-refractivity contribution < 1.29 is 14.3 Å². The number of carbonyl (C=O) groups excluding carboxylic acids is 1. The first kappa shape index (κ1) is 11.8. The minimum absolute atomic E-state index is 0.223. The molecule has 4 nitrogen and oxygen atoms in total. The maximum absolute atomic E-state index is 11.0. The van der Waals surface area contributed by atoms with Crippen LogP contribution in [-0.2, 0) is 9.53 Å². The molecule has 0 radical (unpaired) electrons. The van der Waals surface area contributed by atoms with Gasteiger partial charge in [0.15, 0.2) is 0 Å². The van der Waals surface area contributed by atoms with Gasteiger partial charge >= 0.3 is 5.97 Å². The molecule has 15 heavy (non-hydrogen) atoms. The molecule has 5 heteroatoms. The summed E-state index contributed by atoms with van der Waals surface area (Å²) in [6.45, 7) is 2.41. The monoisotopic (exact) mass is 229 g/mol. The van der Waals surface area contributed by atoms with Crippen LogP contribution in [0.1, 0.15) is 13.3 Å². The molecule has 1 aromatic heterocycles. The second-order valence-corrected chi connectivity index (χ2v) is 3.18. The number of nitrogens with zero attached hydrogens (tertiary/aromatic N) is 1. The molecule has 0 aliphatic heterocycles. The van der Waals surface area contributed by atoms with Crippen molar-refractivity contribution >= 4 is 17.6 Å². The zero-order chi connectivity index (χ0) is 11.1. The van der Waals surface area contributed by atoms with Gasteiger partial charge in [0.25, 0.3) is 0 Å². The Labute approximate surface area is 93.2 Å². The van der Waals surface area contributed by atoms with Crippen LogP contribution in [0.3, 0.4) is 0 Å². The summed E-state index contributed by atoms with van der Waals surface area (Å²) in [5.74, 6) is 0.277. The van der Waals surface area contributed by atoms with Gasteiger partial charge in [-0.2, -0.15) is 0 Å². The van der Waals surface area contributed by atoms with Crippen molar-refractivity contribution in [2.24, 2.45) is 0 Å². The smallest absolute Gasteiger partial charge is 0.309 e. The molecule has 0 N–H and O–H groups in total. The second kappa shape index (κ2) is 6.24. The molecule has 0 aliphatic carbocycles. The molecule has 0 unspecified atom stereocenters. The van der Waals surface area contributed by atoms with Crippen molar-refractivity contribution in [3.05, 3.63) is 23.5 Å². The van der Waals surface area contributed by atoms with Crippen molar-refractivity contribution in [1.82, 2.24) is 4.98 Å². The fourth-order valence-corrected chi connectivity index (χ4v) is 1.12. The van der Waals surface area contributed by atoms with Crippen LogP contribution in [0.25, 0.3) is 0 Å². The number of rotatable bonds is 5. The van der Waals surface area contributed by atoms with Crippen LogP contribution < -0.4 is 4.74 Å². The fraction of sp³-hybridized carbons (Fsp3) is 0.400. The zero-order valence-corrected chi connectivity index (χ0v) is 9.16. The van der Waals surface area contributed by atoms with Gasteiger partial charge < -0.3 is 9.47 Å². The van der Waals surface area contributed by atoms with Gasteiger partial charge in [0.1, 0.15) is 5.75 Å². The van der Waals surface area contributed by atoms with Gasteiger partial charge in [-0.1, -0.05) is 11.6 Å². The number of esters is 1. The van der Waals surface area contributed by atoms with Gasteiger partial charge in [-0.25, -0.2) is 0 Å². The molecule has 0 bridgehead atoms. The molecule has 82 valence electrons. The second-order valence-electron chi connectivity index (χ2n) is 2.74. The van der Waals surface area contributed by atoms with E-state index in [9.17, 15) is 4.79 Å². The average Bonchev–Trinajstić information content (AvgIpc) is 2.18. The molecule has 0 aromatic carbocycles. The number of carbonyl (C=O) groups is 1. The highest BCUT2D eigenvalue weighted by atomic mass is 35.5. The number of hydrogen-bond acceptors (Lipinski definition) is 4. The van der Waals surface area contributed by atoms with E-state index in [-0.39, 0.29) is 19.0 Å². The normalized spacial score (nSPS) is 9.73. The summed E-state index contributed by atoms with van der Waals surface area (Å²) in [6.07, 6.45) is 3.27. The average molecular weight is 230 g/mol. The van der Waals surface area contributed by atoms with Crippen LogP contribution in [0, 0.1) is 0 Å². The molecule has 0 spiro atoms.